The number of nitrogens with one attached hydrogen (secondary N) is 1. The van der Waals surface area contributed by atoms with Crippen LogP contribution in [0.4, 0.5) is 5.69 Å². The van der Waals surface area contributed by atoms with E-state index in [2.05, 4.69) is 35.9 Å². The Labute approximate surface area is 176 Å². The fraction of sp³-hybridized carbons (Fsp3) is 0.409. The second-order valence-electron chi connectivity index (χ2n) is 7.74. The standard InChI is InChI=1S/C22H26N2O3S2/c1-16-2-4-17(5-3-16)15-28-13-11-23-29(26,27)20-8-9-21-19(14-20)10-12-24(21)22(25)18-6-7-18/h2-5,8-9,14,18,23H,6-7,10-13,15H2,1H3. The molecule has 29 heavy (non-hydrogen) atoms. The van der Waals surface area contributed by atoms with Gasteiger partial charge in [0.2, 0.25) is 15.9 Å². The molecule has 7 heteroatoms. The fourth-order valence-corrected chi connectivity index (χ4v) is 5.56. The largest absolute Gasteiger partial charge is 0.312 e. The third-order valence-electron chi connectivity index (χ3n) is 5.38. The SMILES string of the molecule is Cc1ccc(CSCCNS(=O)(=O)c2ccc3c(c2)CCN3C(=O)C2CC2)cc1. The summed E-state index contributed by atoms with van der Waals surface area (Å²) in [4.78, 5) is 14.5. The van der Waals surface area contributed by atoms with Crippen molar-refractivity contribution < 1.29 is 13.2 Å². The number of benzene rings is 2. The van der Waals surface area contributed by atoms with Gasteiger partial charge in [0.25, 0.3) is 0 Å². The van der Waals surface area contributed by atoms with Gasteiger partial charge in [-0.25, -0.2) is 13.1 Å². The molecule has 154 valence electrons. The maximum Gasteiger partial charge on any atom is 0.240 e. The number of aryl methyl sites for hydroxylation is 1. The molecule has 0 spiro atoms. The van der Waals surface area contributed by atoms with Crippen LogP contribution in [0.25, 0.3) is 0 Å². The molecule has 0 radical (unpaired) electrons. The van der Waals surface area contributed by atoms with E-state index in [0.29, 0.717) is 25.3 Å². The lowest BCUT2D eigenvalue weighted by Gasteiger charge is -2.17. The number of carbonyl (C=O) groups is 1. The molecule has 2 aliphatic rings. The Bertz CT molecular complexity index is 999. The van der Waals surface area contributed by atoms with Crippen LogP contribution in [0, 0.1) is 12.8 Å². The molecule has 1 aliphatic heterocycles. The molecule has 2 aromatic carbocycles. The van der Waals surface area contributed by atoms with E-state index in [9.17, 15) is 13.2 Å². The maximum atomic E-state index is 12.6. The molecule has 5 nitrogen and oxygen atoms in total. The first-order valence-electron chi connectivity index (χ1n) is 10.0. The number of nitrogens with zero attached hydrogens (tertiary/aromatic N) is 1. The van der Waals surface area contributed by atoms with Gasteiger partial charge in [-0.1, -0.05) is 29.8 Å². The van der Waals surface area contributed by atoms with Crippen LogP contribution in [-0.2, 0) is 27.0 Å². The lowest BCUT2D eigenvalue weighted by atomic mass is 10.2. The molecule has 2 aromatic rings. The number of sulfonamides is 1. The van der Waals surface area contributed by atoms with Crippen LogP contribution < -0.4 is 9.62 Å². The van der Waals surface area contributed by atoms with Crippen molar-refractivity contribution in [2.45, 2.75) is 36.8 Å². The second kappa shape index (κ2) is 8.50. The molecule has 4 rings (SSSR count). The summed E-state index contributed by atoms with van der Waals surface area (Å²) >= 11 is 1.71. The van der Waals surface area contributed by atoms with E-state index >= 15 is 0 Å². The van der Waals surface area contributed by atoms with Crippen molar-refractivity contribution in [2.24, 2.45) is 5.92 Å². The van der Waals surface area contributed by atoms with Crippen LogP contribution in [0.15, 0.2) is 47.4 Å². The van der Waals surface area contributed by atoms with E-state index < -0.39 is 10.0 Å². The second-order valence-corrected chi connectivity index (χ2v) is 10.6. The minimum atomic E-state index is -3.54. The number of rotatable bonds is 8. The fourth-order valence-electron chi connectivity index (χ4n) is 3.53. The van der Waals surface area contributed by atoms with Gasteiger partial charge in [-0.2, -0.15) is 11.8 Å². The zero-order chi connectivity index (χ0) is 20.4. The number of amides is 1. The molecule has 0 saturated heterocycles. The Morgan fingerprint density at radius 2 is 1.93 bits per heavy atom. The van der Waals surface area contributed by atoms with Gasteiger partial charge in [0.1, 0.15) is 0 Å². The Morgan fingerprint density at radius 1 is 1.17 bits per heavy atom. The highest BCUT2D eigenvalue weighted by atomic mass is 32.2. The third kappa shape index (κ3) is 4.85. The van der Waals surface area contributed by atoms with Gasteiger partial charge in [-0.3, -0.25) is 4.79 Å². The minimum absolute atomic E-state index is 0.170. The average molecular weight is 431 g/mol. The smallest absolute Gasteiger partial charge is 0.240 e. The zero-order valence-corrected chi connectivity index (χ0v) is 18.2. The third-order valence-corrected chi connectivity index (χ3v) is 7.87. The molecule has 1 aliphatic carbocycles. The molecule has 0 aromatic heterocycles. The number of hydrogen-bond donors (Lipinski definition) is 1. The average Bonchev–Trinajstić information content (AvgIpc) is 3.47. The van der Waals surface area contributed by atoms with Gasteiger partial charge in [-0.15, -0.1) is 0 Å². The predicted molar refractivity (Wildman–Crippen MR) is 118 cm³/mol. The summed E-state index contributed by atoms with van der Waals surface area (Å²) in [6.45, 7) is 3.10. The Kier molecular flexibility index (Phi) is 5.99. The van der Waals surface area contributed by atoms with E-state index in [1.165, 1.54) is 11.1 Å². The van der Waals surface area contributed by atoms with Crippen LogP contribution in [0.1, 0.15) is 29.5 Å². The highest BCUT2D eigenvalue weighted by Gasteiger charge is 2.36. The lowest BCUT2D eigenvalue weighted by molar-refractivity contribution is -0.119. The Hall–Kier alpha value is -1.83. The number of thioether (sulfide) groups is 1. The molecular weight excluding hydrogens is 404 g/mol. The zero-order valence-electron chi connectivity index (χ0n) is 16.6. The quantitative estimate of drug-likeness (QED) is 0.651. The molecule has 0 unspecified atom stereocenters. The summed E-state index contributed by atoms with van der Waals surface area (Å²) in [6.07, 6.45) is 2.66. The van der Waals surface area contributed by atoms with E-state index in [1.54, 1.807) is 30.0 Å². The highest BCUT2D eigenvalue weighted by molar-refractivity contribution is 7.98. The van der Waals surface area contributed by atoms with E-state index in [1.807, 2.05) is 4.90 Å². The minimum Gasteiger partial charge on any atom is -0.312 e. The molecular formula is C22H26N2O3S2. The molecule has 1 amide bonds. The van der Waals surface area contributed by atoms with Crippen molar-refractivity contribution in [1.82, 2.24) is 4.72 Å². The van der Waals surface area contributed by atoms with Gasteiger partial charge in [0.15, 0.2) is 0 Å². The molecule has 1 saturated carbocycles. The van der Waals surface area contributed by atoms with Crippen LogP contribution in [0.5, 0.6) is 0 Å². The predicted octanol–water partition coefficient (Wildman–Crippen LogP) is 3.51. The number of anilines is 1. The van der Waals surface area contributed by atoms with Crippen molar-refractivity contribution in [3.8, 4) is 0 Å². The van der Waals surface area contributed by atoms with Crippen molar-refractivity contribution in [2.75, 3.05) is 23.7 Å². The first-order chi connectivity index (χ1) is 13.9. The topological polar surface area (TPSA) is 66.5 Å². The Balaban J connectivity index is 1.31. The summed E-state index contributed by atoms with van der Waals surface area (Å²) in [5, 5.41) is 0. The summed E-state index contributed by atoms with van der Waals surface area (Å²) in [5.41, 5.74) is 4.29. The molecule has 0 atom stereocenters. The van der Waals surface area contributed by atoms with Crippen LogP contribution >= 0.6 is 11.8 Å². The van der Waals surface area contributed by atoms with Crippen molar-refractivity contribution >= 4 is 33.4 Å². The van der Waals surface area contributed by atoms with Crippen molar-refractivity contribution in [3.05, 3.63) is 59.2 Å². The first-order valence-corrected chi connectivity index (χ1v) is 12.6. The maximum absolute atomic E-state index is 12.6. The van der Waals surface area contributed by atoms with Gasteiger partial charge < -0.3 is 4.90 Å². The Morgan fingerprint density at radius 3 is 2.66 bits per heavy atom. The molecule has 0 bridgehead atoms. The van der Waals surface area contributed by atoms with Crippen LogP contribution in [0.3, 0.4) is 0 Å². The van der Waals surface area contributed by atoms with Gasteiger partial charge in [0, 0.05) is 36.2 Å². The number of fused-ring (bicyclic) bond motifs is 1. The van der Waals surface area contributed by atoms with E-state index in [-0.39, 0.29) is 16.7 Å². The van der Waals surface area contributed by atoms with Gasteiger partial charge in [0.05, 0.1) is 4.90 Å². The van der Waals surface area contributed by atoms with Crippen LogP contribution in [-0.4, -0.2) is 33.2 Å². The van der Waals surface area contributed by atoms with E-state index in [4.69, 9.17) is 0 Å². The van der Waals surface area contributed by atoms with Gasteiger partial charge in [-0.05, 0) is 55.5 Å². The summed E-state index contributed by atoms with van der Waals surface area (Å²) in [5.74, 6) is 1.93. The monoisotopic (exact) mass is 430 g/mol. The normalized spacial score (nSPS) is 16.1. The lowest BCUT2D eigenvalue weighted by Crippen LogP contribution is -2.30. The summed E-state index contributed by atoms with van der Waals surface area (Å²) in [6, 6.07) is 13.5. The first kappa shape index (κ1) is 20.4. The van der Waals surface area contributed by atoms with Crippen molar-refractivity contribution in [3.63, 3.8) is 0 Å². The van der Waals surface area contributed by atoms with Gasteiger partial charge >= 0.3 is 0 Å². The number of hydrogen-bond acceptors (Lipinski definition) is 4. The van der Waals surface area contributed by atoms with Crippen LogP contribution in [0.2, 0.25) is 0 Å². The molecule has 1 fully saturated rings. The molecule has 1 N–H and O–H groups in total. The summed E-state index contributed by atoms with van der Waals surface area (Å²) < 4.78 is 28.0. The number of carbonyl (C=O) groups excluding carboxylic acids is 1. The summed E-state index contributed by atoms with van der Waals surface area (Å²) in [7, 11) is -3.54. The molecule has 1 heterocycles. The highest BCUT2D eigenvalue weighted by Crippen LogP contribution is 2.37. The van der Waals surface area contributed by atoms with E-state index in [0.717, 1.165) is 29.8 Å². The van der Waals surface area contributed by atoms with Crippen molar-refractivity contribution in [1.29, 1.82) is 0 Å².